The van der Waals surface area contributed by atoms with E-state index in [1.807, 2.05) is 32.0 Å². The lowest BCUT2D eigenvalue weighted by molar-refractivity contribution is -0.118. The van der Waals surface area contributed by atoms with Gasteiger partial charge in [-0.25, -0.2) is 13.4 Å². The summed E-state index contributed by atoms with van der Waals surface area (Å²) in [7, 11) is -3.74. The molecular formula is C23H21N3O4S2. The van der Waals surface area contributed by atoms with Gasteiger partial charge in [0.2, 0.25) is 0 Å². The van der Waals surface area contributed by atoms with E-state index >= 15 is 0 Å². The highest BCUT2D eigenvalue weighted by Crippen LogP contribution is 2.32. The highest BCUT2D eigenvalue weighted by Gasteiger charge is 2.17. The van der Waals surface area contributed by atoms with E-state index < -0.39 is 10.0 Å². The summed E-state index contributed by atoms with van der Waals surface area (Å²) in [6, 6.07) is 19.3. The third kappa shape index (κ3) is 5.06. The molecule has 2 N–H and O–H groups in total. The molecule has 4 aromatic rings. The Kier molecular flexibility index (Phi) is 6.11. The Labute approximate surface area is 190 Å². The predicted octanol–water partition coefficient (Wildman–Crippen LogP) is 4.73. The second-order valence-electron chi connectivity index (χ2n) is 7.23. The van der Waals surface area contributed by atoms with Gasteiger partial charge in [0.25, 0.3) is 15.9 Å². The van der Waals surface area contributed by atoms with Crippen LogP contribution in [0.4, 0.5) is 10.8 Å². The minimum absolute atomic E-state index is 0.120. The van der Waals surface area contributed by atoms with E-state index in [1.165, 1.54) is 11.3 Å². The molecule has 0 spiro atoms. The van der Waals surface area contributed by atoms with Crippen molar-refractivity contribution in [2.24, 2.45) is 0 Å². The van der Waals surface area contributed by atoms with Crippen LogP contribution in [0.2, 0.25) is 0 Å². The Bertz CT molecular complexity index is 1370. The Morgan fingerprint density at radius 2 is 1.75 bits per heavy atom. The first-order chi connectivity index (χ1) is 15.3. The predicted molar refractivity (Wildman–Crippen MR) is 127 cm³/mol. The maximum atomic E-state index is 12.7. The number of anilines is 2. The molecule has 0 aliphatic carbocycles. The Balaban J connectivity index is 1.49. The molecule has 0 fully saturated rings. The standard InChI is InChI=1S/C23H21N3O4S2/c1-15-8-10-19(11-9-15)32(28,29)26-23-25-22-16(2)12-17(13-20(22)31-23)24-21(27)14-30-18-6-4-3-5-7-18/h3-13H,14H2,1-2H3,(H,24,27)(H,25,26). The number of para-hydroxylation sites is 1. The molecule has 0 atom stereocenters. The number of aromatic nitrogens is 1. The molecule has 0 bridgehead atoms. The van der Waals surface area contributed by atoms with Gasteiger partial charge < -0.3 is 10.1 Å². The number of nitrogens with zero attached hydrogens (tertiary/aromatic N) is 1. The van der Waals surface area contributed by atoms with E-state index in [2.05, 4.69) is 15.0 Å². The molecule has 0 saturated carbocycles. The topological polar surface area (TPSA) is 97.4 Å². The highest BCUT2D eigenvalue weighted by atomic mass is 32.2. The molecule has 1 amide bonds. The van der Waals surface area contributed by atoms with Crippen molar-refractivity contribution < 1.29 is 17.9 Å². The van der Waals surface area contributed by atoms with Gasteiger partial charge >= 0.3 is 0 Å². The minimum Gasteiger partial charge on any atom is -0.484 e. The highest BCUT2D eigenvalue weighted by molar-refractivity contribution is 7.93. The second-order valence-corrected chi connectivity index (χ2v) is 9.94. The van der Waals surface area contributed by atoms with Gasteiger partial charge in [-0.2, -0.15) is 0 Å². The molecule has 4 rings (SSSR count). The van der Waals surface area contributed by atoms with Crippen LogP contribution < -0.4 is 14.8 Å². The van der Waals surface area contributed by atoms with Crippen molar-refractivity contribution in [3.63, 3.8) is 0 Å². The monoisotopic (exact) mass is 467 g/mol. The van der Waals surface area contributed by atoms with Crippen LogP contribution in [0.25, 0.3) is 10.2 Å². The average Bonchev–Trinajstić information content (AvgIpc) is 3.15. The number of carbonyl (C=O) groups excluding carboxylic acids is 1. The maximum Gasteiger partial charge on any atom is 0.263 e. The fourth-order valence-electron chi connectivity index (χ4n) is 3.07. The molecule has 0 saturated heterocycles. The molecular weight excluding hydrogens is 446 g/mol. The number of fused-ring (bicyclic) bond motifs is 1. The zero-order chi connectivity index (χ0) is 22.7. The lowest BCUT2D eigenvalue weighted by atomic mass is 10.2. The summed E-state index contributed by atoms with van der Waals surface area (Å²) in [6.45, 7) is 3.63. The smallest absolute Gasteiger partial charge is 0.263 e. The quantitative estimate of drug-likeness (QED) is 0.409. The molecule has 0 aliphatic heterocycles. The van der Waals surface area contributed by atoms with E-state index in [9.17, 15) is 13.2 Å². The largest absolute Gasteiger partial charge is 0.484 e. The Morgan fingerprint density at radius 1 is 1.03 bits per heavy atom. The zero-order valence-electron chi connectivity index (χ0n) is 17.5. The molecule has 3 aromatic carbocycles. The van der Waals surface area contributed by atoms with Gasteiger partial charge in [-0.15, -0.1) is 0 Å². The van der Waals surface area contributed by atoms with Crippen LogP contribution in [-0.2, 0) is 14.8 Å². The molecule has 0 radical (unpaired) electrons. The first kappa shape index (κ1) is 21.8. The van der Waals surface area contributed by atoms with E-state index in [0.717, 1.165) is 15.8 Å². The summed E-state index contributed by atoms with van der Waals surface area (Å²) in [5.41, 5.74) is 3.06. The van der Waals surface area contributed by atoms with Gasteiger partial charge in [-0.1, -0.05) is 47.2 Å². The molecule has 164 valence electrons. The number of carbonyl (C=O) groups is 1. The summed E-state index contributed by atoms with van der Waals surface area (Å²) in [5.74, 6) is 0.319. The molecule has 1 heterocycles. The van der Waals surface area contributed by atoms with Gasteiger partial charge in [0.05, 0.1) is 15.1 Å². The lowest BCUT2D eigenvalue weighted by Crippen LogP contribution is -2.20. The number of hydrogen-bond acceptors (Lipinski definition) is 6. The summed E-state index contributed by atoms with van der Waals surface area (Å²) < 4.78 is 34.1. The summed E-state index contributed by atoms with van der Waals surface area (Å²) in [6.07, 6.45) is 0. The third-order valence-electron chi connectivity index (χ3n) is 4.64. The van der Waals surface area contributed by atoms with Gasteiger partial charge in [0.15, 0.2) is 11.7 Å². The van der Waals surface area contributed by atoms with Crippen LogP contribution in [0.1, 0.15) is 11.1 Å². The van der Waals surface area contributed by atoms with Crippen LogP contribution in [0.3, 0.4) is 0 Å². The van der Waals surface area contributed by atoms with Gasteiger partial charge in [0.1, 0.15) is 5.75 Å². The van der Waals surface area contributed by atoms with Crippen molar-refractivity contribution in [1.29, 1.82) is 0 Å². The van der Waals surface area contributed by atoms with E-state index in [0.29, 0.717) is 17.0 Å². The fourth-order valence-corrected chi connectivity index (χ4v) is 5.28. The molecule has 32 heavy (non-hydrogen) atoms. The molecule has 9 heteroatoms. The number of rotatable bonds is 7. The number of ether oxygens (including phenoxy) is 1. The third-order valence-corrected chi connectivity index (χ3v) is 7.04. The lowest BCUT2D eigenvalue weighted by Gasteiger charge is -2.08. The van der Waals surface area contributed by atoms with Crippen molar-refractivity contribution in [3.05, 3.63) is 77.9 Å². The van der Waals surface area contributed by atoms with Crippen LogP contribution in [0.15, 0.2) is 71.6 Å². The van der Waals surface area contributed by atoms with Crippen molar-refractivity contribution in [2.75, 3.05) is 16.6 Å². The first-order valence-corrected chi connectivity index (χ1v) is 12.1. The van der Waals surface area contributed by atoms with Crippen LogP contribution >= 0.6 is 11.3 Å². The summed E-state index contributed by atoms with van der Waals surface area (Å²) >= 11 is 1.20. The Hall–Kier alpha value is -3.43. The van der Waals surface area contributed by atoms with Crippen LogP contribution in [0.5, 0.6) is 5.75 Å². The average molecular weight is 468 g/mol. The number of aryl methyl sites for hydroxylation is 2. The summed E-state index contributed by atoms with van der Waals surface area (Å²) in [4.78, 5) is 16.9. The number of nitrogens with one attached hydrogen (secondary N) is 2. The van der Waals surface area contributed by atoms with Crippen molar-refractivity contribution in [3.8, 4) is 5.75 Å². The number of benzene rings is 3. The normalized spacial score (nSPS) is 11.3. The van der Waals surface area contributed by atoms with E-state index in [4.69, 9.17) is 4.74 Å². The molecule has 7 nitrogen and oxygen atoms in total. The second kappa shape index (κ2) is 8.97. The fraction of sp³-hybridized carbons (Fsp3) is 0.130. The van der Waals surface area contributed by atoms with E-state index in [1.54, 1.807) is 48.5 Å². The molecule has 0 aliphatic rings. The summed E-state index contributed by atoms with van der Waals surface area (Å²) in [5, 5.41) is 3.07. The number of sulfonamides is 1. The van der Waals surface area contributed by atoms with Crippen LogP contribution in [-0.4, -0.2) is 25.9 Å². The van der Waals surface area contributed by atoms with Gasteiger partial charge in [-0.3, -0.25) is 9.52 Å². The SMILES string of the molecule is Cc1ccc(S(=O)(=O)Nc2nc3c(C)cc(NC(=O)COc4ccccc4)cc3s2)cc1. The van der Waals surface area contributed by atoms with Gasteiger partial charge in [0, 0.05) is 5.69 Å². The molecule has 0 unspecified atom stereocenters. The van der Waals surface area contributed by atoms with Crippen LogP contribution in [0, 0.1) is 13.8 Å². The number of hydrogen-bond donors (Lipinski definition) is 2. The molecule has 1 aromatic heterocycles. The van der Waals surface area contributed by atoms with Gasteiger partial charge in [-0.05, 0) is 55.8 Å². The zero-order valence-corrected chi connectivity index (χ0v) is 19.1. The number of amides is 1. The maximum absolute atomic E-state index is 12.7. The first-order valence-electron chi connectivity index (χ1n) is 9.78. The van der Waals surface area contributed by atoms with Crippen molar-refractivity contribution in [1.82, 2.24) is 4.98 Å². The van der Waals surface area contributed by atoms with E-state index in [-0.39, 0.29) is 22.5 Å². The van der Waals surface area contributed by atoms with Crippen molar-refractivity contribution >= 4 is 48.3 Å². The van der Waals surface area contributed by atoms with Crippen molar-refractivity contribution in [2.45, 2.75) is 18.7 Å². The Morgan fingerprint density at radius 3 is 2.47 bits per heavy atom. The number of thiazole rings is 1. The minimum atomic E-state index is -3.74.